The Bertz CT molecular complexity index is 671. The predicted molar refractivity (Wildman–Crippen MR) is 111 cm³/mol. The second-order valence-corrected chi connectivity index (χ2v) is 6.68. The van der Waals surface area contributed by atoms with Crippen LogP contribution in [0.5, 0.6) is 0 Å². The molecule has 3 N–H and O–H groups in total. The summed E-state index contributed by atoms with van der Waals surface area (Å²) >= 11 is 1.64. The number of thiazole rings is 1. The average Bonchev–Trinajstić information content (AvgIpc) is 2.88. The van der Waals surface area contributed by atoms with Gasteiger partial charge in [-0.1, -0.05) is 12.1 Å². The summed E-state index contributed by atoms with van der Waals surface area (Å²) in [4.78, 5) is 10.2. The van der Waals surface area contributed by atoms with Crippen LogP contribution in [0.15, 0.2) is 29.3 Å². The van der Waals surface area contributed by atoms with Crippen molar-refractivity contribution < 1.29 is 9.50 Å². The minimum atomic E-state index is -0.737. The molecule has 0 aliphatic carbocycles. The third-order valence-electron chi connectivity index (χ3n) is 3.51. The molecule has 0 spiro atoms. The van der Waals surface area contributed by atoms with Gasteiger partial charge >= 0.3 is 0 Å². The normalized spacial score (nSPS) is 12.4. The van der Waals surface area contributed by atoms with E-state index in [9.17, 15) is 9.50 Å². The zero-order chi connectivity index (χ0) is 17.5. The van der Waals surface area contributed by atoms with E-state index in [1.165, 1.54) is 17.0 Å². The minimum absolute atomic E-state index is 0. The minimum Gasteiger partial charge on any atom is -0.387 e. The number of hydrogen-bond donors (Lipinski definition) is 3. The van der Waals surface area contributed by atoms with Crippen LogP contribution < -0.4 is 10.6 Å². The zero-order valence-corrected chi connectivity index (χ0v) is 17.7. The smallest absolute Gasteiger partial charge is 0.191 e. The number of hydrogen-bond acceptors (Lipinski definition) is 4. The monoisotopic (exact) mass is 478 g/mol. The van der Waals surface area contributed by atoms with E-state index in [1.54, 1.807) is 23.5 Å². The molecule has 2 rings (SSSR count). The number of aryl methyl sites for hydroxylation is 2. The fourth-order valence-corrected chi connectivity index (χ4v) is 2.95. The highest BCUT2D eigenvalue weighted by molar-refractivity contribution is 14.0. The summed E-state index contributed by atoms with van der Waals surface area (Å²) < 4.78 is 12.9. The second-order valence-electron chi connectivity index (χ2n) is 5.39. The molecule has 0 saturated carbocycles. The molecule has 0 aliphatic rings. The highest BCUT2D eigenvalue weighted by atomic mass is 127. The van der Waals surface area contributed by atoms with Crippen molar-refractivity contribution in [2.75, 3.05) is 13.1 Å². The van der Waals surface area contributed by atoms with E-state index in [2.05, 4.69) is 20.6 Å². The van der Waals surface area contributed by atoms with Gasteiger partial charge in [0.15, 0.2) is 5.96 Å². The summed E-state index contributed by atoms with van der Waals surface area (Å²) in [7, 11) is 0. The highest BCUT2D eigenvalue weighted by Crippen LogP contribution is 2.17. The van der Waals surface area contributed by atoms with Crippen molar-refractivity contribution in [3.05, 3.63) is 51.2 Å². The lowest BCUT2D eigenvalue weighted by atomic mass is 10.1. The Morgan fingerprint density at radius 1 is 1.28 bits per heavy atom. The molecule has 5 nitrogen and oxygen atoms in total. The molecule has 8 heteroatoms. The summed E-state index contributed by atoms with van der Waals surface area (Å²) in [6.45, 7) is 7.50. The van der Waals surface area contributed by atoms with Gasteiger partial charge in [0.1, 0.15) is 10.8 Å². The maximum Gasteiger partial charge on any atom is 0.191 e. The largest absolute Gasteiger partial charge is 0.387 e. The fraction of sp³-hybridized carbons (Fsp3) is 0.412. The van der Waals surface area contributed by atoms with Gasteiger partial charge in [-0.15, -0.1) is 35.3 Å². The van der Waals surface area contributed by atoms with Gasteiger partial charge in [0.05, 0.1) is 18.3 Å². The van der Waals surface area contributed by atoms with Crippen LogP contribution in [0.3, 0.4) is 0 Å². The van der Waals surface area contributed by atoms with E-state index in [1.807, 2.05) is 20.8 Å². The fourth-order valence-electron chi connectivity index (χ4n) is 2.09. The Balaban J connectivity index is 0.00000312. The molecule has 0 amide bonds. The van der Waals surface area contributed by atoms with Crippen LogP contribution in [0.25, 0.3) is 0 Å². The number of benzene rings is 1. The predicted octanol–water partition coefficient (Wildman–Crippen LogP) is 3.31. The number of rotatable bonds is 6. The number of halogens is 2. The molecule has 0 radical (unpaired) electrons. The van der Waals surface area contributed by atoms with Crippen LogP contribution in [0.4, 0.5) is 4.39 Å². The van der Waals surface area contributed by atoms with E-state index in [0.717, 1.165) is 10.7 Å². The van der Waals surface area contributed by atoms with Crippen molar-refractivity contribution in [3.8, 4) is 0 Å². The molecule has 1 aromatic heterocycles. The van der Waals surface area contributed by atoms with Gasteiger partial charge in [-0.05, 0) is 38.5 Å². The Labute approximate surface area is 168 Å². The molecule has 1 heterocycles. The van der Waals surface area contributed by atoms with E-state index in [4.69, 9.17) is 0 Å². The maximum atomic E-state index is 12.9. The summed E-state index contributed by atoms with van der Waals surface area (Å²) in [6, 6.07) is 5.83. The average molecular weight is 478 g/mol. The van der Waals surface area contributed by atoms with Crippen molar-refractivity contribution >= 4 is 41.3 Å². The molecule has 0 fully saturated rings. The molecule has 2 aromatic rings. The van der Waals surface area contributed by atoms with E-state index in [-0.39, 0.29) is 36.3 Å². The molecule has 0 aliphatic heterocycles. The number of guanidine groups is 1. The Kier molecular flexibility index (Phi) is 9.30. The third-order valence-corrected chi connectivity index (χ3v) is 4.56. The van der Waals surface area contributed by atoms with Crippen LogP contribution in [0.1, 0.15) is 34.2 Å². The lowest BCUT2D eigenvalue weighted by Gasteiger charge is -2.15. The summed E-state index contributed by atoms with van der Waals surface area (Å²) in [5, 5.41) is 17.4. The quantitative estimate of drug-likeness (QED) is 0.339. The first-order valence-corrected chi connectivity index (χ1v) is 8.70. The van der Waals surface area contributed by atoms with Crippen molar-refractivity contribution in [2.45, 2.75) is 33.4 Å². The molecular weight excluding hydrogens is 454 g/mol. The molecule has 1 unspecified atom stereocenters. The number of aliphatic hydroxyl groups excluding tert-OH is 1. The summed E-state index contributed by atoms with van der Waals surface area (Å²) in [6.07, 6.45) is -0.737. The molecule has 1 atom stereocenters. The van der Waals surface area contributed by atoms with Crippen molar-refractivity contribution in [1.82, 2.24) is 15.6 Å². The van der Waals surface area contributed by atoms with Crippen LogP contribution in [-0.2, 0) is 6.54 Å². The highest BCUT2D eigenvalue weighted by Gasteiger charge is 2.09. The topological polar surface area (TPSA) is 69.5 Å². The molecule has 0 saturated heterocycles. The van der Waals surface area contributed by atoms with Gasteiger partial charge in [-0.3, -0.25) is 0 Å². The van der Waals surface area contributed by atoms with Crippen LogP contribution in [0.2, 0.25) is 0 Å². The van der Waals surface area contributed by atoms with Gasteiger partial charge < -0.3 is 15.7 Å². The Morgan fingerprint density at radius 3 is 2.52 bits per heavy atom. The molecule has 25 heavy (non-hydrogen) atoms. The van der Waals surface area contributed by atoms with Gasteiger partial charge in [0.2, 0.25) is 0 Å². The second kappa shape index (κ2) is 10.7. The van der Waals surface area contributed by atoms with Crippen molar-refractivity contribution in [3.63, 3.8) is 0 Å². The van der Waals surface area contributed by atoms with Gasteiger partial charge in [0, 0.05) is 18.0 Å². The van der Waals surface area contributed by atoms with Crippen molar-refractivity contribution in [2.24, 2.45) is 4.99 Å². The van der Waals surface area contributed by atoms with E-state index in [0.29, 0.717) is 24.6 Å². The van der Waals surface area contributed by atoms with Crippen LogP contribution >= 0.6 is 35.3 Å². The number of aliphatic hydroxyl groups is 1. The summed E-state index contributed by atoms with van der Waals surface area (Å²) in [5.74, 6) is 0.298. The van der Waals surface area contributed by atoms with Crippen LogP contribution in [0, 0.1) is 19.7 Å². The Morgan fingerprint density at radius 2 is 1.96 bits per heavy atom. The van der Waals surface area contributed by atoms with Crippen molar-refractivity contribution in [1.29, 1.82) is 0 Å². The van der Waals surface area contributed by atoms with E-state index >= 15 is 0 Å². The van der Waals surface area contributed by atoms with Gasteiger partial charge in [0.25, 0.3) is 0 Å². The van der Waals surface area contributed by atoms with Crippen LogP contribution in [-0.4, -0.2) is 29.1 Å². The lowest BCUT2D eigenvalue weighted by Crippen LogP contribution is -2.39. The zero-order valence-electron chi connectivity index (χ0n) is 14.5. The number of aromatic nitrogens is 1. The molecule has 1 aromatic carbocycles. The molecule has 138 valence electrons. The first-order chi connectivity index (χ1) is 11.5. The maximum absolute atomic E-state index is 12.9. The molecule has 0 bridgehead atoms. The third kappa shape index (κ3) is 6.87. The van der Waals surface area contributed by atoms with Gasteiger partial charge in [-0.25, -0.2) is 14.4 Å². The number of nitrogens with one attached hydrogen (secondary N) is 2. The van der Waals surface area contributed by atoms with E-state index < -0.39 is 6.10 Å². The SMILES string of the molecule is CCNC(=NCc1nc(C)c(C)s1)NCC(O)c1ccc(F)cc1.I. The van der Waals surface area contributed by atoms with Gasteiger partial charge in [-0.2, -0.15) is 0 Å². The Hall–Kier alpha value is -1.26. The lowest BCUT2D eigenvalue weighted by molar-refractivity contribution is 0.180. The molecular formula is C17H24FIN4OS. The number of nitrogens with zero attached hydrogens (tertiary/aromatic N) is 2. The standard InChI is InChI=1S/C17H23FN4OS.HI/c1-4-19-17(21-10-16-22-11(2)12(3)24-16)20-9-15(23)13-5-7-14(18)8-6-13;/h5-8,15,23H,4,9-10H2,1-3H3,(H2,19,20,21);1H. The number of aliphatic imine (C=N–C) groups is 1. The first-order valence-electron chi connectivity index (χ1n) is 7.88. The first kappa shape index (κ1) is 21.8. The summed E-state index contributed by atoms with van der Waals surface area (Å²) in [5.41, 5.74) is 1.70.